The van der Waals surface area contributed by atoms with Gasteiger partial charge in [0.25, 0.3) is 0 Å². The maximum Gasteiger partial charge on any atom is 0.305 e. The van der Waals surface area contributed by atoms with Crippen LogP contribution in [0, 0.1) is 17.8 Å². The van der Waals surface area contributed by atoms with Gasteiger partial charge in [-0.05, 0) is 197 Å². The molecule has 9 aromatic rings. The van der Waals surface area contributed by atoms with E-state index in [0.29, 0.717) is 42.6 Å². The molecule has 264 valence electrons. The number of esters is 1. The van der Waals surface area contributed by atoms with Crippen molar-refractivity contribution in [2.24, 2.45) is 17.8 Å². The molecule has 18 rings (SSSR count). The molecule has 2 nitrogen and oxygen atoms in total. The highest BCUT2D eigenvalue weighted by molar-refractivity contribution is 6.54. The van der Waals surface area contributed by atoms with Gasteiger partial charge in [0.1, 0.15) is 0 Å². The fourth-order valence-electron chi connectivity index (χ4n) is 17.3. The number of hydrogen-bond acceptors (Lipinski definition) is 2. The molecule has 56 heavy (non-hydrogen) atoms. The van der Waals surface area contributed by atoms with Crippen molar-refractivity contribution in [1.29, 1.82) is 0 Å². The first-order chi connectivity index (χ1) is 27.5. The number of carbonyl (C=O) groups excluding carboxylic acids is 1. The second-order valence-electron chi connectivity index (χ2n) is 20.5. The van der Waals surface area contributed by atoms with Crippen LogP contribution in [0.1, 0.15) is 102 Å². The van der Waals surface area contributed by atoms with E-state index in [1.165, 1.54) is 29.0 Å². The van der Waals surface area contributed by atoms with Crippen LogP contribution in [0.2, 0.25) is 0 Å². The van der Waals surface area contributed by atoms with Crippen LogP contribution in [0.15, 0.2) is 54.6 Å². The van der Waals surface area contributed by atoms with E-state index in [1.807, 2.05) is 5.57 Å². The smallest absolute Gasteiger partial charge is 0.305 e. The molecule has 0 saturated heterocycles. The van der Waals surface area contributed by atoms with Gasteiger partial charge in [-0.3, -0.25) is 4.79 Å². The molecule has 0 aliphatic heterocycles. The first-order valence-corrected chi connectivity index (χ1v) is 21.8. The highest BCUT2D eigenvalue weighted by Gasteiger charge is 2.79. The Balaban J connectivity index is 1.07. The third-order valence-electron chi connectivity index (χ3n) is 18.2. The summed E-state index contributed by atoms with van der Waals surface area (Å²) >= 11 is 0. The fourth-order valence-corrected chi connectivity index (χ4v) is 17.3. The molecule has 0 bridgehead atoms. The van der Waals surface area contributed by atoms with Crippen LogP contribution in [0.4, 0.5) is 0 Å². The number of benzene rings is 7. The Bertz CT molecular complexity index is 3730. The molecule has 9 aliphatic carbocycles. The lowest BCUT2D eigenvalue weighted by Crippen LogP contribution is -2.31. The van der Waals surface area contributed by atoms with E-state index < -0.39 is 0 Å². The van der Waals surface area contributed by atoms with Gasteiger partial charge in [0.05, 0.1) is 6.61 Å². The zero-order valence-corrected chi connectivity index (χ0v) is 31.5. The minimum absolute atomic E-state index is 0.0424. The lowest BCUT2D eigenvalue weighted by Gasteiger charge is -2.42. The van der Waals surface area contributed by atoms with E-state index >= 15 is 0 Å². The van der Waals surface area contributed by atoms with Crippen molar-refractivity contribution < 1.29 is 9.53 Å². The van der Waals surface area contributed by atoms with Crippen molar-refractivity contribution in [3.63, 3.8) is 0 Å². The van der Waals surface area contributed by atoms with Crippen molar-refractivity contribution in [2.75, 3.05) is 6.61 Å². The molecule has 0 heterocycles. The van der Waals surface area contributed by atoms with E-state index in [2.05, 4.69) is 74.5 Å². The first-order valence-electron chi connectivity index (χ1n) is 21.8. The maximum absolute atomic E-state index is 13.2. The van der Waals surface area contributed by atoms with Gasteiger partial charge in [0.2, 0.25) is 0 Å². The van der Waals surface area contributed by atoms with Gasteiger partial charge in [-0.25, -0.2) is 0 Å². The molecule has 0 aromatic heterocycles. The molecular formula is C54H36O2. The second kappa shape index (κ2) is 7.73. The minimum Gasteiger partial charge on any atom is -0.465 e. The van der Waals surface area contributed by atoms with E-state index in [1.54, 1.807) is 120 Å². The van der Waals surface area contributed by atoms with Gasteiger partial charge in [0.15, 0.2) is 0 Å². The average molecular weight is 717 g/mol. The molecule has 2 heteroatoms. The summed E-state index contributed by atoms with van der Waals surface area (Å²) in [6.45, 7) is 4.74. The Kier molecular flexibility index (Phi) is 3.78. The Morgan fingerprint density at radius 1 is 0.821 bits per heavy atom. The Hall–Kier alpha value is -5.21. The fraction of sp³-hybridized carbons (Fsp3) is 0.315. The Morgan fingerprint density at radius 3 is 2.55 bits per heavy atom. The molecule has 2 fully saturated rings. The predicted molar refractivity (Wildman–Crippen MR) is 226 cm³/mol. The summed E-state index contributed by atoms with van der Waals surface area (Å²) in [5, 5.41) is 25.9. The maximum atomic E-state index is 13.2. The molecule has 9 aromatic carbocycles. The minimum atomic E-state index is -0.143. The number of carbonyl (C=O) groups is 1. The van der Waals surface area contributed by atoms with Gasteiger partial charge in [-0.15, -0.1) is 0 Å². The number of hydrogen-bond donors (Lipinski definition) is 0. The quantitative estimate of drug-likeness (QED) is 0.121. The van der Waals surface area contributed by atoms with E-state index in [9.17, 15) is 4.79 Å². The third-order valence-corrected chi connectivity index (χ3v) is 18.2. The lowest BCUT2D eigenvalue weighted by molar-refractivity contribution is -0.144. The highest BCUT2D eigenvalue weighted by Crippen LogP contribution is 2.84. The van der Waals surface area contributed by atoms with Crippen molar-refractivity contribution in [2.45, 2.75) is 81.0 Å². The third kappa shape index (κ3) is 2.24. The highest BCUT2D eigenvalue weighted by atomic mass is 16.5. The Morgan fingerprint density at radius 2 is 1.66 bits per heavy atom. The van der Waals surface area contributed by atoms with Gasteiger partial charge in [-0.2, -0.15) is 0 Å². The summed E-state index contributed by atoms with van der Waals surface area (Å²) in [7, 11) is 0. The molecule has 0 radical (unpaired) electrons. The number of rotatable bonds is 7. The topological polar surface area (TPSA) is 26.3 Å². The van der Waals surface area contributed by atoms with Gasteiger partial charge in [0, 0.05) is 35.0 Å². The standard InChI is InChI=1S/C54H36O2/c1-20(2)19-56-30(55)9-6-10-53(28-7-4-3-5-8-28)52-29-17-26-15-23-13-24-12-21-11-22-14-25-16-27-18-54(52,53)51-37(27)42-36(25)41-32(22)31(21)39-35(24)40-33(23)34(26)43-38(29)50(51)49-47(42)45(41)44(39)46(40)48(43)49/h3-5,7-8,13-14,16-18,20-21,24,31,35,52H,6,9-12,15,19H2,1-2H3/t21?,24?,31?,35?,52?,53-,54?/m1/s1. The zero-order chi connectivity index (χ0) is 35.8. The summed E-state index contributed by atoms with van der Waals surface area (Å²) in [5.41, 5.74) is 16.4. The van der Waals surface area contributed by atoms with Gasteiger partial charge >= 0.3 is 5.97 Å². The molecule has 0 amide bonds. The molecule has 2 saturated carbocycles. The van der Waals surface area contributed by atoms with Gasteiger partial charge in [-0.1, -0.05) is 68.5 Å². The summed E-state index contributed by atoms with van der Waals surface area (Å²) in [6, 6.07) is 19.7. The summed E-state index contributed by atoms with van der Waals surface area (Å²) in [6.07, 6.45) is 11.6. The molecule has 6 unspecified atom stereocenters. The summed E-state index contributed by atoms with van der Waals surface area (Å²) in [4.78, 5) is 13.2. The SMILES string of the molecule is CC(C)COC(=O)CCC[C@@]1(c2ccccc2)C2c3cc4c5c6c7c8c9c%10c%11c%12c(cc%13cc%14c%15c(c%16c3c5c8c%16c%10c%15c%13%11)C21C=%14)CC1CC(C=C6C4)C7C=9C%121. The first kappa shape index (κ1) is 27.4. The Labute approximate surface area is 321 Å². The predicted octanol–water partition coefficient (Wildman–Crippen LogP) is 10.5. The molecule has 7 atom stereocenters. The van der Waals surface area contributed by atoms with Crippen LogP contribution in [0.5, 0.6) is 0 Å². The molecular weight excluding hydrogens is 681 g/mol. The van der Waals surface area contributed by atoms with E-state index in [-0.39, 0.29) is 16.8 Å². The van der Waals surface area contributed by atoms with Crippen LogP contribution < -0.4 is 10.4 Å². The average Bonchev–Trinajstić information content (AvgIpc) is 3.88. The van der Waals surface area contributed by atoms with Crippen LogP contribution in [-0.4, -0.2) is 12.6 Å². The largest absolute Gasteiger partial charge is 0.465 e. The van der Waals surface area contributed by atoms with Crippen molar-refractivity contribution in [3.05, 3.63) is 110 Å². The number of fused-ring (bicyclic) bond motifs is 1. The van der Waals surface area contributed by atoms with Crippen LogP contribution >= 0.6 is 0 Å². The van der Waals surface area contributed by atoms with Crippen molar-refractivity contribution in [1.82, 2.24) is 0 Å². The monoisotopic (exact) mass is 716 g/mol. The molecule has 1 spiro atoms. The normalized spacial score (nSPS) is 30.4. The van der Waals surface area contributed by atoms with Crippen LogP contribution in [0.3, 0.4) is 0 Å². The van der Waals surface area contributed by atoms with Crippen LogP contribution in [-0.2, 0) is 33.2 Å². The number of ether oxygens (including phenoxy) is 1. The van der Waals surface area contributed by atoms with Crippen molar-refractivity contribution >= 4 is 98.6 Å². The second-order valence-corrected chi connectivity index (χ2v) is 20.5. The van der Waals surface area contributed by atoms with E-state index in [0.717, 1.165) is 25.2 Å². The lowest BCUT2D eigenvalue weighted by atomic mass is 9.61. The summed E-state index contributed by atoms with van der Waals surface area (Å²) in [5.74, 6) is 3.15. The molecule has 0 N–H and O–H groups in total. The zero-order valence-electron chi connectivity index (χ0n) is 31.5. The molecule has 9 aliphatic rings. The number of allylic oxidation sites excluding steroid dienone is 2. The van der Waals surface area contributed by atoms with Crippen molar-refractivity contribution in [3.8, 4) is 0 Å². The van der Waals surface area contributed by atoms with Gasteiger partial charge < -0.3 is 4.74 Å². The summed E-state index contributed by atoms with van der Waals surface area (Å²) < 4.78 is 5.78. The van der Waals surface area contributed by atoms with E-state index in [4.69, 9.17) is 4.74 Å². The van der Waals surface area contributed by atoms with Crippen LogP contribution in [0.25, 0.3) is 92.6 Å².